The molecule has 1 heterocycles. The Bertz CT molecular complexity index is 1400. The Morgan fingerprint density at radius 3 is 2.56 bits per heavy atom. The molecular weight excluding hydrogens is 464 g/mol. The van der Waals surface area contributed by atoms with Crippen molar-refractivity contribution in [3.8, 4) is 17.2 Å². The number of carbonyl (C=O) groups excluding carboxylic acids is 1. The van der Waals surface area contributed by atoms with Crippen molar-refractivity contribution in [3.63, 3.8) is 0 Å². The normalized spacial score (nSPS) is 11.4. The van der Waals surface area contributed by atoms with Crippen LogP contribution in [0.25, 0.3) is 21.2 Å². The van der Waals surface area contributed by atoms with Gasteiger partial charge in [0.25, 0.3) is 5.91 Å². The van der Waals surface area contributed by atoms with E-state index in [2.05, 4.69) is 5.32 Å². The smallest absolute Gasteiger partial charge is 0.351 e. The molecule has 0 fully saturated rings. The SMILES string of the molecule is N#CCCNC(=O)c1cccc(-c2cccc3c(F)c(Cc4cccc(C(F)(F)F)c4)sc23)c1. The maximum absolute atomic E-state index is 15.2. The van der Waals surface area contributed by atoms with Gasteiger partial charge < -0.3 is 5.32 Å². The van der Waals surface area contributed by atoms with E-state index in [1.54, 1.807) is 36.4 Å². The zero-order valence-corrected chi connectivity index (χ0v) is 18.6. The molecule has 0 saturated carbocycles. The topological polar surface area (TPSA) is 52.9 Å². The molecular formula is C26H18F4N2OS. The standard InChI is InChI=1S/C26H18F4N2OS/c27-23-21-10-3-9-20(17-6-2-7-18(15-17)25(33)32-12-4-11-31)24(21)34-22(23)14-16-5-1-8-19(13-16)26(28,29)30/h1-3,5-10,13,15H,4,12,14H2,(H,32,33). The Balaban J connectivity index is 1.68. The van der Waals surface area contributed by atoms with Gasteiger partial charge in [0, 0.05) is 33.5 Å². The number of alkyl halides is 3. The summed E-state index contributed by atoms with van der Waals surface area (Å²) in [6, 6.07) is 18.9. The predicted molar refractivity (Wildman–Crippen MR) is 124 cm³/mol. The first-order valence-corrected chi connectivity index (χ1v) is 11.2. The number of nitrogens with one attached hydrogen (secondary N) is 1. The van der Waals surface area contributed by atoms with Crippen LogP contribution in [0.3, 0.4) is 0 Å². The lowest BCUT2D eigenvalue weighted by atomic mass is 10.0. The van der Waals surface area contributed by atoms with Crippen LogP contribution in [-0.2, 0) is 12.6 Å². The number of rotatable bonds is 6. The minimum Gasteiger partial charge on any atom is -0.351 e. The Kier molecular flexibility index (Phi) is 6.66. The third-order valence-electron chi connectivity index (χ3n) is 5.30. The van der Waals surface area contributed by atoms with Gasteiger partial charge >= 0.3 is 6.18 Å². The minimum absolute atomic E-state index is 0.0376. The van der Waals surface area contributed by atoms with Gasteiger partial charge in [-0.25, -0.2) is 4.39 Å². The zero-order chi connectivity index (χ0) is 24.3. The molecule has 4 rings (SSSR count). The summed E-state index contributed by atoms with van der Waals surface area (Å²) in [4.78, 5) is 12.7. The number of hydrogen-bond donors (Lipinski definition) is 1. The van der Waals surface area contributed by atoms with Gasteiger partial charge in [-0.3, -0.25) is 4.79 Å². The summed E-state index contributed by atoms with van der Waals surface area (Å²) in [7, 11) is 0. The van der Waals surface area contributed by atoms with E-state index in [9.17, 15) is 18.0 Å². The molecule has 0 saturated heterocycles. The van der Waals surface area contributed by atoms with Crippen LogP contribution in [0.4, 0.5) is 17.6 Å². The Morgan fingerprint density at radius 1 is 1.03 bits per heavy atom. The predicted octanol–water partition coefficient (Wildman–Crippen LogP) is 6.96. The largest absolute Gasteiger partial charge is 0.416 e. The molecule has 8 heteroatoms. The van der Waals surface area contributed by atoms with Gasteiger partial charge in [-0.1, -0.05) is 48.5 Å². The number of hydrogen-bond acceptors (Lipinski definition) is 3. The number of fused-ring (bicyclic) bond motifs is 1. The van der Waals surface area contributed by atoms with Crippen molar-refractivity contribution in [2.75, 3.05) is 6.54 Å². The molecule has 1 aromatic heterocycles. The summed E-state index contributed by atoms with van der Waals surface area (Å²) in [6.07, 6.45) is -4.22. The highest BCUT2D eigenvalue weighted by Crippen LogP contribution is 2.39. The van der Waals surface area contributed by atoms with Gasteiger partial charge in [-0.05, 0) is 34.9 Å². The van der Waals surface area contributed by atoms with E-state index in [1.165, 1.54) is 17.4 Å². The number of carbonyl (C=O) groups is 1. The highest BCUT2D eigenvalue weighted by atomic mass is 32.1. The van der Waals surface area contributed by atoms with E-state index >= 15 is 4.39 Å². The van der Waals surface area contributed by atoms with Gasteiger partial charge in [0.05, 0.1) is 18.1 Å². The number of nitrogens with zero attached hydrogens (tertiary/aromatic N) is 1. The molecule has 172 valence electrons. The van der Waals surface area contributed by atoms with Crippen molar-refractivity contribution in [2.24, 2.45) is 0 Å². The lowest BCUT2D eigenvalue weighted by molar-refractivity contribution is -0.137. The summed E-state index contributed by atoms with van der Waals surface area (Å²) in [5, 5.41) is 11.7. The van der Waals surface area contributed by atoms with Crippen molar-refractivity contribution < 1.29 is 22.4 Å². The second kappa shape index (κ2) is 9.65. The number of amides is 1. The first kappa shape index (κ1) is 23.5. The summed E-state index contributed by atoms with van der Waals surface area (Å²) < 4.78 is 55.0. The summed E-state index contributed by atoms with van der Waals surface area (Å²) in [6.45, 7) is 0.240. The van der Waals surface area contributed by atoms with E-state index in [-0.39, 0.29) is 25.3 Å². The Labute approximate surface area is 197 Å². The van der Waals surface area contributed by atoms with Gasteiger partial charge in [-0.15, -0.1) is 11.3 Å². The van der Waals surface area contributed by atoms with E-state index in [4.69, 9.17) is 5.26 Å². The second-order valence-corrected chi connectivity index (χ2v) is 8.75. The van der Waals surface area contributed by atoms with E-state index in [1.807, 2.05) is 18.2 Å². The molecule has 3 nitrogen and oxygen atoms in total. The minimum atomic E-state index is -4.46. The van der Waals surface area contributed by atoms with Gasteiger partial charge in [0.2, 0.25) is 0 Å². The molecule has 0 unspecified atom stereocenters. The molecule has 0 spiro atoms. The highest BCUT2D eigenvalue weighted by Gasteiger charge is 2.30. The molecule has 34 heavy (non-hydrogen) atoms. The molecule has 0 aliphatic rings. The van der Waals surface area contributed by atoms with Crippen LogP contribution in [0.1, 0.15) is 32.8 Å². The maximum Gasteiger partial charge on any atom is 0.416 e. The fourth-order valence-corrected chi connectivity index (χ4v) is 4.93. The third-order valence-corrected chi connectivity index (χ3v) is 6.51. The molecule has 0 aliphatic carbocycles. The molecule has 1 N–H and O–H groups in total. The van der Waals surface area contributed by atoms with Crippen molar-refractivity contribution in [1.82, 2.24) is 5.32 Å². The second-order valence-electron chi connectivity index (χ2n) is 7.64. The first-order valence-electron chi connectivity index (χ1n) is 10.4. The van der Waals surface area contributed by atoms with Crippen LogP contribution in [0.5, 0.6) is 0 Å². The third kappa shape index (κ3) is 4.95. The molecule has 0 bridgehead atoms. The van der Waals surface area contributed by atoms with Crippen LogP contribution in [0, 0.1) is 17.1 Å². The lowest BCUT2D eigenvalue weighted by Crippen LogP contribution is -2.24. The van der Waals surface area contributed by atoms with Gasteiger partial charge in [0.15, 0.2) is 0 Å². The molecule has 0 radical (unpaired) electrons. The van der Waals surface area contributed by atoms with Crippen LogP contribution in [-0.4, -0.2) is 12.5 Å². The van der Waals surface area contributed by atoms with Gasteiger partial charge in [-0.2, -0.15) is 18.4 Å². The first-order chi connectivity index (χ1) is 16.3. The number of nitriles is 1. The average Bonchev–Trinajstić information content (AvgIpc) is 3.14. The Hall–Kier alpha value is -3.70. The summed E-state index contributed by atoms with van der Waals surface area (Å²) >= 11 is 1.19. The van der Waals surface area contributed by atoms with Crippen LogP contribution >= 0.6 is 11.3 Å². The van der Waals surface area contributed by atoms with E-state index < -0.39 is 17.6 Å². The molecule has 0 atom stereocenters. The van der Waals surface area contributed by atoms with Crippen LogP contribution < -0.4 is 5.32 Å². The van der Waals surface area contributed by atoms with Crippen molar-refractivity contribution in [1.29, 1.82) is 5.26 Å². The quantitative estimate of drug-likeness (QED) is 0.239. The van der Waals surface area contributed by atoms with Crippen LogP contribution in [0.15, 0.2) is 66.7 Å². The maximum atomic E-state index is 15.2. The number of thiophene rings is 1. The number of benzene rings is 3. The molecule has 1 amide bonds. The average molecular weight is 483 g/mol. The monoisotopic (exact) mass is 482 g/mol. The van der Waals surface area contributed by atoms with Crippen LogP contribution in [0.2, 0.25) is 0 Å². The molecule has 4 aromatic rings. The number of halogens is 4. The lowest BCUT2D eigenvalue weighted by Gasteiger charge is -2.08. The van der Waals surface area contributed by atoms with E-state index in [0.717, 1.165) is 17.7 Å². The van der Waals surface area contributed by atoms with Crippen molar-refractivity contribution >= 4 is 27.3 Å². The van der Waals surface area contributed by atoms with Crippen molar-refractivity contribution in [3.05, 3.63) is 94.1 Å². The molecule has 0 aliphatic heterocycles. The van der Waals surface area contributed by atoms with Gasteiger partial charge in [0.1, 0.15) is 5.82 Å². The fourth-order valence-electron chi connectivity index (χ4n) is 3.68. The molecule has 3 aromatic carbocycles. The summed E-state index contributed by atoms with van der Waals surface area (Å²) in [5.74, 6) is -0.767. The highest BCUT2D eigenvalue weighted by molar-refractivity contribution is 7.19. The van der Waals surface area contributed by atoms with E-state index in [0.29, 0.717) is 31.7 Å². The van der Waals surface area contributed by atoms with Crippen molar-refractivity contribution in [2.45, 2.75) is 19.0 Å². The Morgan fingerprint density at radius 2 is 1.79 bits per heavy atom. The fraction of sp³-hybridized carbons (Fsp3) is 0.154. The zero-order valence-electron chi connectivity index (χ0n) is 17.7. The summed E-state index contributed by atoms with van der Waals surface area (Å²) in [5.41, 5.74) is 1.46.